The van der Waals surface area contributed by atoms with Crippen molar-refractivity contribution in [1.29, 1.82) is 0 Å². The van der Waals surface area contributed by atoms with Crippen LogP contribution in [0.1, 0.15) is 25.7 Å². The van der Waals surface area contributed by atoms with Crippen molar-refractivity contribution >= 4 is 0 Å². The van der Waals surface area contributed by atoms with Crippen molar-refractivity contribution in [1.82, 2.24) is 0 Å². The van der Waals surface area contributed by atoms with Crippen LogP contribution in [0.2, 0.25) is 0 Å². The molecule has 1 heteroatoms. The molecule has 0 aliphatic heterocycles. The molecule has 1 nitrogen and oxygen atoms in total. The maximum atomic E-state index is 5.05. The van der Waals surface area contributed by atoms with Gasteiger partial charge in [0, 0.05) is 6.42 Å². The van der Waals surface area contributed by atoms with Crippen LogP contribution in [0.3, 0.4) is 0 Å². The van der Waals surface area contributed by atoms with Crippen molar-refractivity contribution in [3.05, 3.63) is 17.6 Å². The van der Waals surface area contributed by atoms with E-state index in [9.17, 15) is 0 Å². The molecule has 0 bridgehead atoms. The molecule has 0 N–H and O–H groups in total. The van der Waals surface area contributed by atoms with Crippen LogP contribution >= 0.6 is 0 Å². The maximum Gasteiger partial charge on any atom is 0.137 e. The van der Waals surface area contributed by atoms with Gasteiger partial charge in [0.05, 0.1) is 7.11 Å². The predicted octanol–water partition coefficient (Wildman–Crippen LogP) is 2.25. The fourth-order valence-corrected chi connectivity index (χ4v) is 0.951. The lowest BCUT2D eigenvalue weighted by atomic mass is 10.2. The van der Waals surface area contributed by atoms with E-state index in [-0.39, 0.29) is 0 Å². The van der Waals surface area contributed by atoms with Crippen molar-refractivity contribution in [2.45, 2.75) is 25.7 Å². The van der Waals surface area contributed by atoms with E-state index in [1.807, 2.05) is 0 Å². The third kappa shape index (κ3) is 1.95. The average molecular weight is 124 g/mol. The normalized spacial score (nSPS) is 18.6. The van der Waals surface area contributed by atoms with E-state index in [4.69, 9.17) is 4.74 Å². The summed E-state index contributed by atoms with van der Waals surface area (Å²) in [5.74, 6) is 1.01. The lowest BCUT2D eigenvalue weighted by Crippen LogP contribution is -1.82. The van der Waals surface area contributed by atoms with Crippen LogP contribution in [0.25, 0.3) is 0 Å². The summed E-state index contributed by atoms with van der Waals surface area (Å²) in [6.07, 6.45) is 6.80. The predicted molar refractivity (Wildman–Crippen MR) is 37.1 cm³/mol. The first kappa shape index (κ1) is 6.44. The molecule has 0 unspecified atom stereocenters. The quantitative estimate of drug-likeness (QED) is 0.487. The van der Waals surface area contributed by atoms with E-state index in [2.05, 4.69) is 11.8 Å². The largest absolute Gasteiger partial charge is 0.493 e. The molecule has 0 saturated heterocycles. The third-order valence-corrected chi connectivity index (χ3v) is 1.51. The van der Waals surface area contributed by atoms with Crippen LogP contribution in [-0.4, -0.2) is 7.11 Å². The molecular weight excluding hydrogens is 112 g/mol. The van der Waals surface area contributed by atoms with Gasteiger partial charge < -0.3 is 4.74 Å². The van der Waals surface area contributed by atoms with E-state index in [1.54, 1.807) is 7.11 Å². The van der Waals surface area contributed by atoms with E-state index < -0.39 is 0 Å². The van der Waals surface area contributed by atoms with Crippen LogP contribution < -0.4 is 0 Å². The molecule has 0 aromatic heterocycles. The van der Waals surface area contributed by atoms with Crippen LogP contribution in [-0.2, 0) is 4.74 Å². The average Bonchev–Trinajstić information content (AvgIpc) is 2.13. The van der Waals surface area contributed by atoms with Gasteiger partial charge in [-0.1, -0.05) is 5.73 Å². The lowest BCUT2D eigenvalue weighted by Gasteiger charge is -1.98. The molecule has 50 valence electrons. The molecule has 0 fully saturated rings. The SMILES string of the molecule is COC1=C=CCCCC1. The third-order valence-electron chi connectivity index (χ3n) is 1.51. The number of hydrogen-bond donors (Lipinski definition) is 0. The molecule has 0 aromatic rings. The van der Waals surface area contributed by atoms with Crippen LogP contribution in [0.4, 0.5) is 0 Å². The Morgan fingerprint density at radius 1 is 1.56 bits per heavy atom. The molecule has 1 aliphatic carbocycles. The molecule has 0 radical (unpaired) electrons. The van der Waals surface area contributed by atoms with Gasteiger partial charge in [0.25, 0.3) is 0 Å². The molecule has 0 atom stereocenters. The highest BCUT2D eigenvalue weighted by atomic mass is 16.5. The highest BCUT2D eigenvalue weighted by molar-refractivity contribution is 4.95. The molecule has 0 saturated carbocycles. The fraction of sp³-hybridized carbons (Fsp3) is 0.625. The number of hydrogen-bond acceptors (Lipinski definition) is 1. The van der Waals surface area contributed by atoms with Gasteiger partial charge >= 0.3 is 0 Å². The first-order valence-corrected chi connectivity index (χ1v) is 3.41. The van der Waals surface area contributed by atoms with Gasteiger partial charge in [-0.15, -0.1) is 0 Å². The van der Waals surface area contributed by atoms with Crippen LogP contribution in [0.15, 0.2) is 17.6 Å². The Hall–Kier alpha value is -0.680. The van der Waals surface area contributed by atoms with Crippen LogP contribution in [0, 0.1) is 0 Å². The summed E-state index contributed by atoms with van der Waals surface area (Å²) in [6.45, 7) is 0. The van der Waals surface area contributed by atoms with Crippen molar-refractivity contribution in [3.63, 3.8) is 0 Å². The molecule has 0 heterocycles. The van der Waals surface area contributed by atoms with Gasteiger partial charge in [0.1, 0.15) is 5.76 Å². The summed E-state index contributed by atoms with van der Waals surface area (Å²) < 4.78 is 5.05. The van der Waals surface area contributed by atoms with Gasteiger partial charge in [-0.05, 0) is 25.3 Å². The minimum absolute atomic E-state index is 1.01. The molecule has 9 heavy (non-hydrogen) atoms. The van der Waals surface area contributed by atoms with Gasteiger partial charge in [-0.3, -0.25) is 0 Å². The zero-order chi connectivity index (χ0) is 6.53. The highest BCUT2D eigenvalue weighted by Crippen LogP contribution is 2.11. The zero-order valence-corrected chi connectivity index (χ0v) is 5.81. The van der Waals surface area contributed by atoms with Gasteiger partial charge in [-0.25, -0.2) is 0 Å². The van der Waals surface area contributed by atoms with Crippen LogP contribution in [0.5, 0.6) is 0 Å². The summed E-state index contributed by atoms with van der Waals surface area (Å²) >= 11 is 0. The number of rotatable bonds is 1. The zero-order valence-electron chi connectivity index (χ0n) is 5.81. The van der Waals surface area contributed by atoms with Gasteiger partial charge in [0.15, 0.2) is 0 Å². The Bertz CT molecular complexity index is 141. The van der Waals surface area contributed by atoms with Gasteiger partial charge in [0.2, 0.25) is 0 Å². The minimum atomic E-state index is 1.01. The van der Waals surface area contributed by atoms with Crippen molar-refractivity contribution < 1.29 is 4.74 Å². The van der Waals surface area contributed by atoms with Crippen molar-refractivity contribution in [2.75, 3.05) is 7.11 Å². The van der Waals surface area contributed by atoms with E-state index >= 15 is 0 Å². The number of ether oxygens (including phenoxy) is 1. The summed E-state index contributed by atoms with van der Waals surface area (Å²) in [7, 11) is 1.71. The Morgan fingerprint density at radius 3 is 3.22 bits per heavy atom. The molecule has 0 amide bonds. The van der Waals surface area contributed by atoms with E-state index in [0.717, 1.165) is 18.6 Å². The first-order chi connectivity index (χ1) is 4.43. The molecule has 0 aromatic carbocycles. The molecule has 1 rings (SSSR count). The number of methoxy groups -OCH3 is 1. The van der Waals surface area contributed by atoms with Crippen molar-refractivity contribution in [2.24, 2.45) is 0 Å². The summed E-state index contributed by atoms with van der Waals surface area (Å²) in [4.78, 5) is 0. The summed E-state index contributed by atoms with van der Waals surface area (Å²) in [5.41, 5.74) is 3.10. The Kier molecular flexibility index (Phi) is 2.41. The lowest BCUT2D eigenvalue weighted by molar-refractivity contribution is 0.276. The smallest absolute Gasteiger partial charge is 0.137 e. The van der Waals surface area contributed by atoms with Gasteiger partial charge in [-0.2, -0.15) is 0 Å². The first-order valence-electron chi connectivity index (χ1n) is 3.41. The fourth-order valence-electron chi connectivity index (χ4n) is 0.951. The molecular formula is C8H12O. The summed E-state index contributed by atoms with van der Waals surface area (Å²) in [5, 5.41) is 0. The maximum absolute atomic E-state index is 5.05. The number of allylic oxidation sites excluding steroid dienone is 1. The second-order valence-corrected chi connectivity index (χ2v) is 2.22. The highest BCUT2D eigenvalue weighted by Gasteiger charge is 1.96. The topological polar surface area (TPSA) is 9.23 Å². The minimum Gasteiger partial charge on any atom is -0.493 e. The second kappa shape index (κ2) is 3.37. The Balaban J connectivity index is 2.54. The van der Waals surface area contributed by atoms with Crippen molar-refractivity contribution in [3.8, 4) is 0 Å². The second-order valence-electron chi connectivity index (χ2n) is 2.22. The standard InChI is InChI=1S/C8H12O/c1-9-8-6-4-2-3-5-7-8/h4H,2-3,5,7H2,1H3. The monoisotopic (exact) mass is 124 g/mol. The molecule has 0 spiro atoms. The Labute approximate surface area is 56.0 Å². The Morgan fingerprint density at radius 2 is 2.44 bits per heavy atom. The molecule has 1 aliphatic rings. The summed E-state index contributed by atoms with van der Waals surface area (Å²) in [6, 6.07) is 0. The van der Waals surface area contributed by atoms with E-state index in [1.165, 1.54) is 12.8 Å². The van der Waals surface area contributed by atoms with E-state index in [0.29, 0.717) is 0 Å².